The summed E-state index contributed by atoms with van der Waals surface area (Å²) in [6.45, 7) is 2.87. The van der Waals surface area contributed by atoms with Gasteiger partial charge in [-0.15, -0.1) is 0 Å². The Bertz CT molecular complexity index is 590. The summed E-state index contributed by atoms with van der Waals surface area (Å²) in [4.78, 5) is 33.1. The third-order valence-electron chi connectivity index (χ3n) is 3.34. The van der Waals surface area contributed by atoms with Crippen molar-refractivity contribution < 1.29 is 24.0 Å². The maximum Gasteiger partial charge on any atom is 0.311 e. The van der Waals surface area contributed by atoms with Crippen LogP contribution in [0.15, 0.2) is 18.2 Å². The molecule has 0 spiro atoms. The molecule has 2 N–H and O–H groups in total. The normalized spacial score (nSPS) is 13.3. The fraction of sp³-hybridized carbons (Fsp3) is 0.385. The first kappa shape index (κ1) is 16.5. The van der Waals surface area contributed by atoms with E-state index in [2.05, 4.69) is 5.32 Å². The summed E-state index contributed by atoms with van der Waals surface area (Å²) in [6, 6.07) is 2.51. The zero-order chi connectivity index (χ0) is 16.2. The molecule has 0 heterocycles. The summed E-state index contributed by atoms with van der Waals surface area (Å²) in [5, 5.41) is 22.2. The van der Waals surface area contributed by atoms with Gasteiger partial charge < -0.3 is 10.4 Å². The number of aliphatic carboxylic acids is 1. The van der Waals surface area contributed by atoms with Crippen molar-refractivity contribution in [3.8, 4) is 0 Å². The number of nitro benzene ring substituents is 1. The summed E-state index contributed by atoms with van der Waals surface area (Å²) in [5.74, 6) is -2.77. The summed E-state index contributed by atoms with van der Waals surface area (Å²) in [6.07, 6.45) is 0.258. The fourth-order valence-electron chi connectivity index (χ4n) is 1.57. The monoisotopic (exact) mass is 298 g/mol. The maximum absolute atomic E-state index is 13.1. The first-order chi connectivity index (χ1) is 9.71. The number of carbonyl (C=O) groups is 2. The van der Waals surface area contributed by atoms with E-state index in [1.165, 1.54) is 6.92 Å². The van der Waals surface area contributed by atoms with Crippen LogP contribution in [0, 0.1) is 21.3 Å². The van der Waals surface area contributed by atoms with E-state index in [0.29, 0.717) is 0 Å². The average Bonchev–Trinajstić information content (AvgIpc) is 2.43. The van der Waals surface area contributed by atoms with E-state index in [1.54, 1.807) is 6.92 Å². The van der Waals surface area contributed by atoms with E-state index < -0.39 is 39.3 Å². The van der Waals surface area contributed by atoms with E-state index in [1.807, 2.05) is 0 Å². The van der Waals surface area contributed by atoms with Crippen LogP contribution < -0.4 is 5.32 Å². The van der Waals surface area contributed by atoms with Crippen LogP contribution in [-0.2, 0) is 4.79 Å². The summed E-state index contributed by atoms with van der Waals surface area (Å²) < 4.78 is 13.1. The van der Waals surface area contributed by atoms with Crippen molar-refractivity contribution in [2.75, 3.05) is 6.54 Å². The van der Waals surface area contributed by atoms with Gasteiger partial charge in [0.15, 0.2) is 0 Å². The molecular weight excluding hydrogens is 283 g/mol. The number of nitrogens with one attached hydrogen (secondary N) is 1. The molecule has 0 saturated carbocycles. The van der Waals surface area contributed by atoms with Crippen LogP contribution >= 0.6 is 0 Å². The number of benzene rings is 1. The Kier molecular flexibility index (Phi) is 4.96. The van der Waals surface area contributed by atoms with E-state index in [-0.39, 0.29) is 13.0 Å². The Morgan fingerprint density at radius 2 is 2.10 bits per heavy atom. The second-order valence-corrected chi connectivity index (χ2v) is 4.82. The van der Waals surface area contributed by atoms with Gasteiger partial charge in [-0.25, -0.2) is 4.39 Å². The average molecular weight is 298 g/mol. The van der Waals surface area contributed by atoms with E-state index >= 15 is 0 Å². The van der Waals surface area contributed by atoms with Gasteiger partial charge in [-0.1, -0.05) is 6.92 Å². The Balaban J connectivity index is 2.98. The van der Waals surface area contributed by atoms with Gasteiger partial charge in [0.25, 0.3) is 11.6 Å². The molecule has 0 aromatic heterocycles. The Morgan fingerprint density at radius 1 is 1.48 bits per heavy atom. The van der Waals surface area contributed by atoms with Crippen molar-refractivity contribution in [1.29, 1.82) is 0 Å². The number of halogens is 1. The minimum absolute atomic E-state index is 0.217. The highest BCUT2D eigenvalue weighted by molar-refractivity contribution is 5.98. The molecule has 114 valence electrons. The first-order valence-electron chi connectivity index (χ1n) is 6.17. The molecule has 8 heteroatoms. The molecule has 7 nitrogen and oxygen atoms in total. The van der Waals surface area contributed by atoms with Crippen molar-refractivity contribution in [1.82, 2.24) is 5.32 Å². The van der Waals surface area contributed by atoms with Gasteiger partial charge >= 0.3 is 5.97 Å². The zero-order valence-corrected chi connectivity index (χ0v) is 11.6. The number of rotatable bonds is 6. The molecule has 21 heavy (non-hydrogen) atoms. The number of hydrogen-bond donors (Lipinski definition) is 2. The molecule has 0 bridgehead atoms. The molecule has 1 amide bonds. The lowest BCUT2D eigenvalue weighted by atomic mass is 9.87. The summed E-state index contributed by atoms with van der Waals surface area (Å²) in [7, 11) is 0. The third-order valence-corrected chi connectivity index (χ3v) is 3.34. The second kappa shape index (κ2) is 6.29. The third kappa shape index (κ3) is 3.74. The summed E-state index contributed by atoms with van der Waals surface area (Å²) >= 11 is 0. The Morgan fingerprint density at radius 3 is 2.57 bits per heavy atom. The molecule has 1 aromatic carbocycles. The predicted octanol–water partition coefficient (Wildman–Crippen LogP) is 1.96. The molecular formula is C13H15FN2O5. The highest BCUT2D eigenvalue weighted by atomic mass is 19.1. The van der Waals surface area contributed by atoms with Gasteiger partial charge in [-0.3, -0.25) is 19.7 Å². The summed E-state index contributed by atoms with van der Waals surface area (Å²) in [5.41, 5.74) is -2.18. The topological polar surface area (TPSA) is 110 Å². The molecule has 1 unspecified atom stereocenters. The van der Waals surface area contributed by atoms with Gasteiger partial charge in [0.1, 0.15) is 11.4 Å². The number of carboxylic acids is 1. The quantitative estimate of drug-likeness (QED) is 0.616. The van der Waals surface area contributed by atoms with E-state index in [0.717, 1.165) is 18.2 Å². The highest BCUT2D eigenvalue weighted by Gasteiger charge is 2.32. The highest BCUT2D eigenvalue weighted by Crippen LogP contribution is 2.22. The SMILES string of the molecule is CCC(C)(CNC(=O)c1cc(F)ccc1[N+](=O)[O-])C(=O)O. The van der Waals surface area contributed by atoms with E-state index in [4.69, 9.17) is 5.11 Å². The van der Waals surface area contributed by atoms with Crippen LogP contribution in [-0.4, -0.2) is 28.5 Å². The molecule has 0 fully saturated rings. The minimum Gasteiger partial charge on any atom is -0.481 e. The standard InChI is InChI=1S/C13H15FN2O5/c1-3-13(2,12(18)19)7-15-11(17)9-6-8(14)4-5-10(9)16(20)21/h4-6H,3,7H2,1-2H3,(H,15,17)(H,18,19). The molecule has 0 aliphatic rings. The lowest BCUT2D eigenvalue weighted by Gasteiger charge is -2.23. The van der Waals surface area contributed by atoms with Crippen molar-refractivity contribution in [3.05, 3.63) is 39.7 Å². The van der Waals surface area contributed by atoms with Crippen LogP contribution in [0.3, 0.4) is 0 Å². The number of carbonyl (C=O) groups excluding carboxylic acids is 1. The van der Waals surface area contributed by atoms with E-state index in [9.17, 15) is 24.1 Å². The van der Waals surface area contributed by atoms with Gasteiger partial charge in [0, 0.05) is 12.6 Å². The number of nitrogens with zero attached hydrogens (tertiary/aromatic N) is 1. The fourth-order valence-corrected chi connectivity index (χ4v) is 1.57. The van der Waals surface area contributed by atoms with Crippen LogP contribution in [0.4, 0.5) is 10.1 Å². The predicted molar refractivity (Wildman–Crippen MR) is 71.4 cm³/mol. The van der Waals surface area contributed by atoms with Gasteiger partial charge in [-0.05, 0) is 25.5 Å². The molecule has 1 rings (SSSR count). The minimum atomic E-state index is -1.20. The van der Waals surface area contributed by atoms with Gasteiger partial charge in [0.05, 0.1) is 10.3 Å². The number of amides is 1. The Labute approximate surface area is 119 Å². The maximum atomic E-state index is 13.1. The van der Waals surface area contributed by atoms with Crippen molar-refractivity contribution in [2.45, 2.75) is 20.3 Å². The van der Waals surface area contributed by atoms with Crippen LogP contribution in [0.5, 0.6) is 0 Å². The molecule has 0 aliphatic carbocycles. The van der Waals surface area contributed by atoms with Crippen LogP contribution in [0.2, 0.25) is 0 Å². The molecule has 1 aromatic rings. The van der Waals surface area contributed by atoms with Gasteiger partial charge in [0.2, 0.25) is 0 Å². The zero-order valence-electron chi connectivity index (χ0n) is 11.6. The van der Waals surface area contributed by atoms with Crippen molar-refractivity contribution in [3.63, 3.8) is 0 Å². The number of hydrogen-bond acceptors (Lipinski definition) is 4. The van der Waals surface area contributed by atoms with Gasteiger partial charge in [-0.2, -0.15) is 0 Å². The largest absolute Gasteiger partial charge is 0.481 e. The van der Waals surface area contributed by atoms with Crippen molar-refractivity contribution >= 4 is 17.6 Å². The van der Waals surface area contributed by atoms with Crippen molar-refractivity contribution in [2.24, 2.45) is 5.41 Å². The lowest BCUT2D eigenvalue weighted by molar-refractivity contribution is -0.385. The first-order valence-corrected chi connectivity index (χ1v) is 6.17. The molecule has 0 aliphatic heterocycles. The molecule has 0 saturated heterocycles. The number of carboxylic acid groups (broad SMARTS) is 1. The molecule has 1 atom stereocenters. The smallest absolute Gasteiger partial charge is 0.311 e. The lowest BCUT2D eigenvalue weighted by Crippen LogP contribution is -2.40. The Hall–Kier alpha value is -2.51. The van der Waals surface area contributed by atoms with Crippen LogP contribution in [0.1, 0.15) is 30.6 Å². The molecule has 0 radical (unpaired) electrons. The van der Waals surface area contributed by atoms with Crippen LogP contribution in [0.25, 0.3) is 0 Å². The number of nitro groups is 1. The second-order valence-electron chi connectivity index (χ2n) is 4.82.